The molecule has 0 amide bonds. The summed E-state index contributed by atoms with van der Waals surface area (Å²) in [6.07, 6.45) is 10.5. The quantitative estimate of drug-likeness (QED) is 0.343. The van der Waals surface area contributed by atoms with E-state index in [-0.39, 0.29) is 6.10 Å². The summed E-state index contributed by atoms with van der Waals surface area (Å²) in [6, 6.07) is 0. The lowest BCUT2D eigenvalue weighted by molar-refractivity contribution is -0.00374. The first-order valence-electron chi connectivity index (χ1n) is 7.87. The van der Waals surface area contributed by atoms with Crippen molar-refractivity contribution in [3.8, 4) is 0 Å². The van der Waals surface area contributed by atoms with Crippen molar-refractivity contribution in [2.45, 2.75) is 71.3 Å². The van der Waals surface area contributed by atoms with Gasteiger partial charge in [-0.2, -0.15) is 0 Å². The van der Waals surface area contributed by atoms with Gasteiger partial charge in [-0.15, -0.1) is 0 Å². The van der Waals surface area contributed by atoms with E-state index in [1.807, 2.05) is 6.92 Å². The summed E-state index contributed by atoms with van der Waals surface area (Å²) in [5, 5.41) is 0. The average molecular weight is 269 g/mol. The number of hydrogen-bond acceptors (Lipinski definition) is 2. The third-order valence-electron chi connectivity index (χ3n) is 3.14. The minimum Gasteiger partial charge on any atom is -0.378 e. The summed E-state index contributed by atoms with van der Waals surface area (Å²) in [4.78, 5) is 3.36. The third kappa shape index (κ3) is 13.6. The summed E-state index contributed by atoms with van der Waals surface area (Å²) in [5.74, 6) is 0. The van der Waals surface area contributed by atoms with E-state index in [4.69, 9.17) is 16.0 Å². The van der Waals surface area contributed by atoms with Crippen molar-refractivity contribution in [1.82, 2.24) is 0 Å². The zero-order valence-electron chi connectivity index (χ0n) is 12.8. The van der Waals surface area contributed by atoms with Gasteiger partial charge >= 0.3 is 0 Å². The van der Waals surface area contributed by atoms with Crippen molar-refractivity contribution in [3.63, 3.8) is 0 Å². The molecule has 0 bridgehead atoms. The van der Waals surface area contributed by atoms with Crippen molar-refractivity contribution in [2.75, 3.05) is 26.4 Å². The van der Waals surface area contributed by atoms with Crippen LogP contribution in [-0.2, 0) is 9.47 Å². The maximum Gasteiger partial charge on any atom is 0.242 e. The number of unbranched alkanes of at least 4 members (excludes halogenated alkanes) is 7. The molecule has 0 saturated carbocycles. The van der Waals surface area contributed by atoms with Gasteiger partial charge in [0.1, 0.15) is 0 Å². The van der Waals surface area contributed by atoms with E-state index in [1.165, 1.54) is 44.9 Å². The number of rotatable bonds is 14. The highest BCUT2D eigenvalue weighted by atomic mass is 16.5. The standard InChI is InChI=1S/C16H31NO2/c1-4-6-7-8-9-10-11-12-13-18-15-16(14-17-3)19-5-2/h16H,4-15H2,1-2H3. The molecule has 0 aromatic rings. The molecule has 0 rings (SSSR count). The molecule has 1 unspecified atom stereocenters. The van der Waals surface area contributed by atoms with E-state index in [0.29, 0.717) is 19.8 Å². The molecule has 3 heteroatoms. The van der Waals surface area contributed by atoms with Crippen LogP contribution in [0.15, 0.2) is 0 Å². The molecule has 0 aliphatic heterocycles. The summed E-state index contributed by atoms with van der Waals surface area (Å²) in [6.45, 7) is 13.5. The zero-order chi connectivity index (χ0) is 14.2. The van der Waals surface area contributed by atoms with E-state index >= 15 is 0 Å². The normalized spacial score (nSPS) is 12.3. The molecule has 1 atom stereocenters. The Labute approximate surface area is 119 Å². The number of nitrogens with zero attached hydrogens (tertiary/aromatic N) is 1. The average Bonchev–Trinajstić information content (AvgIpc) is 2.41. The lowest BCUT2D eigenvalue weighted by atomic mass is 10.1. The minimum absolute atomic E-state index is 0.0449. The van der Waals surface area contributed by atoms with E-state index < -0.39 is 0 Å². The van der Waals surface area contributed by atoms with Gasteiger partial charge in [-0.3, -0.25) is 0 Å². The molecule has 0 spiro atoms. The lowest BCUT2D eigenvalue weighted by Crippen LogP contribution is -2.22. The molecule has 0 saturated heterocycles. The van der Waals surface area contributed by atoms with E-state index in [1.54, 1.807) is 0 Å². The molecule has 0 heterocycles. The maximum absolute atomic E-state index is 6.84. The number of ether oxygens (including phenoxy) is 2. The molecule has 3 nitrogen and oxygen atoms in total. The minimum atomic E-state index is -0.0449. The second-order valence-electron chi connectivity index (χ2n) is 4.97. The van der Waals surface area contributed by atoms with Crippen LogP contribution in [0.5, 0.6) is 0 Å². The van der Waals surface area contributed by atoms with Crippen molar-refractivity contribution in [2.24, 2.45) is 0 Å². The van der Waals surface area contributed by atoms with Crippen LogP contribution < -0.4 is 0 Å². The highest BCUT2D eigenvalue weighted by Gasteiger charge is 2.10. The largest absolute Gasteiger partial charge is 0.378 e. The monoisotopic (exact) mass is 269 g/mol. The lowest BCUT2D eigenvalue weighted by Gasteiger charge is -2.11. The highest BCUT2D eigenvalue weighted by Crippen LogP contribution is 2.08. The Balaban J connectivity index is 3.22. The first-order chi connectivity index (χ1) is 9.35. The predicted octanol–water partition coefficient (Wildman–Crippen LogP) is 4.47. The molecule has 112 valence electrons. The van der Waals surface area contributed by atoms with Crippen LogP contribution in [0.4, 0.5) is 0 Å². The van der Waals surface area contributed by atoms with Gasteiger partial charge in [-0.25, -0.2) is 6.57 Å². The van der Waals surface area contributed by atoms with Crippen molar-refractivity contribution in [1.29, 1.82) is 0 Å². The zero-order valence-corrected chi connectivity index (χ0v) is 12.8. The first kappa shape index (κ1) is 18.4. The second-order valence-corrected chi connectivity index (χ2v) is 4.97. The fourth-order valence-electron chi connectivity index (χ4n) is 2.04. The SMILES string of the molecule is [C-]#[N+]CC(COCCCCCCCCCC)OCC. The van der Waals surface area contributed by atoms with Gasteiger partial charge in [-0.05, 0) is 13.3 Å². The van der Waals surface area contributed by atoms with E-state index in [9.17, 15) is 0 Å². The topological polar surface area (TPSA) is 22.8 Å². The smallest absolute Gasteiger partial charge is 0.242 e. The fourth-order valence-corrected chi connectivity index (χ4v) is 2.04. The van der Waals surface area contributed by atoms with Crippen molar-refractivity contribution < 1.29 is 9.47 Å². The molecule has 19 heavy (non-hydrogen) atoms. The van der Waals surface area contributed by atoms with Gasteiger partial charge in [-0.1, -0.05) is 51.9 Å². The first-order valence-corrected chi connectivity index (χ1v) is 7.87. The van der Waals surface area contributed by atoms with Gasteiger partial charge in [0.25, 0.3) is 0 Å². The van der Waals surface area contributed by atoms with Crippen LogP contribution in [0.3, 0.4) is 0 Å². The predicted molar refractivity (Wildman–Crippen MR) is 80.3 cm³/mol. The third-order valence-corrected chi connectivity index (χ3v) is 3.14. The number of hydrogen-bond donors (Lipinski definition) is 0. The molecule has 0 fully saturated rings. The molecule has 0 aromatic carbocycles. The summed E-state index contributed by atoms with van der Waals surface area (Å²) in [7, 11) is 0. The maximum atomic E-state index is 6.84. The summed E-state index contributed by atoms with van der Waals surface area (Å²) >= 11 is 0. The van der Waals surface area contributed by atoms with Crippen molar-refractivity contribution in [3.05, 3.63) is 11.4 Å². The Morgan fingerprint density at radius 3 is 2.16 bits per heavy atom. The molecular formula is C16H31NO2. The van der Waals surface area contributed by atoms with Gasteiger partial charge in [0.05, 0.1) is 6.61 Å². The molecule has 0 N–H and O–H groups in total. The Morgan fingerprint density at radius 2 is 1.58 bits per heavy atom. The Hall–Kier alpha value is -0.590. The Kier molecular flexibility index (Phi) is 15.0. The second kappa shape index (κ2) is 15.5. The van der Waals surface area contributed by atoms with Gasteiger partial charge in [0.15, 0.2) is 6.10 Å². The van der Waals surface area contributed by atoms with Crippen LogP contribution in [0.1, 0.15) is 65.2 Å². The van der Waals surface area contributed by atoms with Crippen LogP contribution in [0.25, 0.3) is 4.85 Å². The van der Waals surface area contributed by atoms with Crippen LogP contribution in [0, 0.1) is 6.57 Å². The molecule has 0 aliphatic rings. The summed E-state index contributed by atoms with van der Waals surface area (Å²) in [5.41, 5.74) is 0. The van der Waals surface area contributed by atoms with Crippen molar-refractivity contribution >= 4 is 0 Å². The van der Waals surface area contributed by atoms with Gasteiger partial charge in [0, 0.05) is 13.2 Å². The fraction of sp³-hybridized carbons (Fsp3) is 0.938. The van der Waals surface area contributed by atoms with Crippen LogP contribution >= 0.6 is 0 Å². The highest BCUT2D eigenvalue weighted by molar-refractivity contribution is 4.69. The van der Waals surface area contributed by atoms with Gasteiger partial charge < -0.3 is 14.3 Å². The Bertz CT molecular complexity index is 213. The van der Waals surface area contributed by atoms with E-state index in [0.717, 1.165) is 13.0 Å². The van der Waals surface area contributed by atoms with Gasteiger partial charge in [0.2, 0.25) is 6.54 Å². The summed E-state index contributed by atoms with van der Waals surface area (Å²) < 4.78 is 11.0. The molecule has 0 aliphatic carbocycles. The molecule has 0 radical (unpaired) electrons. The van der Waals surface area contributed by atoms with Crippen LogP contribution in [-0.4, -0.2) is 32.5 Å². The van der Waals surface area contributed by atoms with E-state index in [2.05, 4.69) is 11.8 Å². The van der Waals surface area contributed by atoms with Crippen LogP contribution in [0.2, 0.25) is 0 Å². The molecule has 0 aromatic heterocycles. The molecular weight excluding hydrogens is 238 g/mol. The Morgan fingerprint density at radius 1 is 0.947 bits per heavy atom.